The predicted octanol–water partition coefficient (Wildman–Crippen LogP) is 2.31. The van der Waals surface area contributed by atoms with Gasteiger partial charge in [-0.3, -0.25) is 10.4 Å². The number of hydrogen-bond acceptors (Lipinski definition) is 5. The molecule has 1 N–H and O–H groups in total. The molecular weight excluding hydrogens is 302 g/mol. The SMILES string of the molecule is O=C([O-])c1ccc(N/N=C(\c2ccccc2)c2ccccn2)cc1. The van der Waals surface area contributed by atoms with Crippen LogP contribution in [0.4, 0.5) is 5.69 Å². The Kier molecular flexibility index (Phi) is 4.62. The van der Waals surface area contributed by atoms with E-state index in [-0.39, 0.29) is 5.56 Å². The van der Waals surface area contributed by atoms with Crippen molar-refractivity contribution >= 4 is 17.4 Å². The minimum absolute atomic E-state index is 0.123. The van der Waals surface area contributed by atoms with Crippen LogP contribution >= 0.6 is 0 Å². The van der Waals surface area contributed by atoms with Crippen molar-refractivity contribution in [3.63, 3.8) is 0 Å². The molecule has 24 heavy (non-hydrogen) atoms. The maximum absolute atomic E-state index is 10.8. The number of carboxylic acid groups (broad SMARTS) is 1. The Bertz CT molecular complexity index is 803. The van der Waals surface area contributed by atoms with Crippen molar-refractivity contribution < 1.29 is 9.90 Å². The van der Waals surface area contributed by atoms with Gasteiger partial charge < -0.3 is 9.90 Å². The Morgan fingerprint density at radius 2 is 1.58 bits per heavy atom. The van der Waals surface area contributed by atoms with E-state index in [2.05, 4.69) is 15.5 Å². The number of rotatable bonds is 5. The van der Waals surface area contributed by atoms with Crippen LogP contribution in [0.25, 0.3) is 0 Å². The number of anilines is 1. The fourth-order valence-corrected chi connectivity index (χ4v) is 2.17. The number of nitrogens with one attached hydrogen (secondary N) is 1. The first kappa shape index (κ1) is 15.4. The molecule has 5 nitrogen and oxygen atoms in total. The van der Waals surface area contributed by atoms with Crippen molar-refractivity contribution in [1.82, 2.24) is 4.98 Å². The standard InChI is InChI=1S/C19H15N3O2/c23-19(24)15-9-11-16(12-10-15)21-22-18(14-6-2-1-3-7-14)17-8-4-5-13-20-17/h1-13,21H,(H,23,24)/p-1/b22-18+. The van der Waals surface area contributed by atoms with Crippen LogP contribution in [-0.4, -0.2) is 16.7 Å². The molecule has 3 rings (SSSR count). The average molecular weight is 316 g/mol. The molecule has 0 radical (unpaired) electrons. The maximum Gasteiger partial charge on any atom is 0.116 e. The number of pyridine rings is 1. The molecule has 0 aliphatic carbocycles. The average Bonchev–Trinajstić information content (AvgIpc) is 2.64. The summed E-state index contributed by atoms with van der Waals surface area (Å²) in [5.41, 5.74) is 6.09. The molecule has 0 bridgehead atoms. The molecule has 0 unspecified atom stereocenters. The first-order chi connectivity index (χ1) is 11.7. The Balaban J connectivity index is 1.91. The number of carboxylic acids is 1. The minimum atomic E-state index is -1.21. The lowest BCUT2D eigenvalue weighted by Crippen LogP contribution is -2.21. The number of aromatic nitrogens is 1. The van der Waals surface area contributed by atoms with Crippen molar-refractivity contribution in [2.24, 2.45) is 5.10 Å². The molecule has 0 atom stereocenters. The van der Waals surface area contributed by atoms with Gasteiger partial charge in [-0.15, -0.1) is 0 Å². The molecular formula is C19H14N3O2-. The Hall–Kier alpha value is -3.47. The molecule has 0 aliphatic heterocycles. The summed E-state index contributed by atoms with van der Waals surface area (Å²) < 4.78 is 0. The number of nitrogens with zero attached hydrogens (tertiary/aromatic N) is 2. The van der Waals surface area contributed by atoms with E-state index >= 15 is 0 Å². The van der Waals surface area contributed by atoms with Crippen LogP contribution in [-0.2, 0) is 0 Å². The van der Waals surface area contributed by atoms with Gasteiger partial charge in [-0.1, -0.05) is 48.5 Å². The van der Waals surface area contributed by atoms with E-state index in [0.29, 0.717) is 11.4 Å². The molecule has 2 aromatic carbocycles. The second kappa shape index (κ2) is 7.19. The zero-order chi connectivity index (χ0) is 16.8. The van der Waals surface area contributed by atoms with E-state index in [1.807, 2.05) is 48.5 Å². The summed E-state index contributed by atoms with van der Waals surface area (Å²) in [4.78, 5) is 15.1. The van der Waals surface area contributed by atoms with E-state index in [1.54, 1.807) is 18.3 Å². The highest BCUT2D eigenvalue weighted by atomic mass is 16.4. The van der Waals surface area contributed by atoms with Crippen LogP contribution in [0.5, 0.6) is 0 Å². The highest BCUT2D eigenvalue weighted by Gasteiger charge is 2.07. The summed E-state index contributed by atoms with van der Waals surface area (Å²) in [7, 11) is 0. The fourth-order valence-electron chi connectivity index (χ4n) is 2.17. The van der Waals surface area contributed by atoms with Crippen molar-refractivity contribution in [2.45, 2.75) is 0 Å². The third kappa shape index (κ3) is 3.64. The summed E-state index contributed by atoms with van der Waals surface area (Å²) in [6, 6.07) is 21.5. The predicted molar refractivity (Wildman–Crippen MR) is 90.7 cm³/mol. The van der Waals surface area contributed by atoms with E-state index in [1.165, 1.54) is 12.1 Å². The topological polar surface area (TPSA) is 77.4 Å². The monoisotopic (exact) mass is 316 g/mol. The van der Waals surface area contributed by atoms with Gasteiger partial charge in [0.05, 0.1) is 17.4 Å². The maximum atomic E-state index is 10.8. The molecule has 1 aromatic heterocycles. The molecule has 5 heteroatoms. The van der Waals surface area contributed by atoms with Gasteiger partial charge in [0.15, 0.2) is 0 Å². The smallest absolute Gasteiger partial charge is 0.116 e. The Morgan fingerprint density at radius 3 is 2.21 bits per heavy atom. The normalized spacial score (nSPS) is 11.1. The van der Waals surface area contributed by atoms with Gasteiger partial charge in [0.2, 0.25) is 0 Å². The largest absolute Gasteiger partial charge is 0.545 e. The minimum Gasteiger partial charge on any atom is -0.545 e. The molecule has 1 heterocycles. The van der Waals surface area contributed by atoms with Crippen molar-refractivity contribution in [3.8, 4) is 0 Å². The first-order valence-corrected chi connectivity index (χ1v) is 7.36. The van der Waals surface area contributed by atoms with Crippen LogP contribution in [0, 0.1) is 0 Å². The van der Waals surface area contributed by atoms with Gasteiger partial charge in [-0.2, -0.15) is 5.10 Å². The summed E-state index contributed by atoms with van der Waals surface area (Å²) in [5, 5.41) is 15.2. The third-order valence-electron chi connectivity index (χ3n) is 3.37. The second-order valence-corrected chi connectivity index (χ2v) is 5.02. The summed E-state index contributed by atoms with van der Waals surface area (Å²) in [5.74, 6) is -1.21. The molecule has 3 aromatic rings. The lowest BCUT2D eigenvalue weighted by atomic mass is 10.1. The van der Waals surface area contributed by atoms with E-state index < -0.39 is 5.97 Å². The molecule has 0 fully saturated rings. The Morgan fingerprint density at radius 1 is 0.875 bits per heavy atom. The van der Waals surface area contributed by atoms with Crippen molar-refractivity contribution in [3.05, 3.63) is 95.8 Å². The van der Waals surface area contributed by atoms with Crippen LogP contribution in [0.3, 0.4) is 0 Å². The lowest BCUT2D eigenvalue weighted by molar-refractivity contribution is -0.255. The van der Waals surface area contributed by atoms with Gasteiger partial charge in [-0.05, 0) is 29.8 Å². The second-order valence-electron chi connectivity index (χ2n) is 5.02. The van der Waals surface area contributed by atoms with E-state index in [9.17, 15) is 9.90 Å². The zero-order valence-electron chi connectivity index (χ0n) is 12.7. The van der Waals surface area contributed by atoms with Gasteiger partial charge in [0, 0.05) is 11.8 Å². The molecule has 0 saturated carbocycles. The van der Waals surface area contributed by atoms with E-state index in [4.69, 9.17) is 0 Å². The van der Waals surface area contributed by atoms with Gasteiger partial charge in [0.1, 0.15) is 5.71 Å². The van der Waals surface area contributed by atoms with Gasteiger partial charge >= 0.3 is 0 Å². The van der Waals surface area contributed by atoms with Crippen molar-refractivity contribution in [1.29, 1.82) is 0 Å². The first-order valence-electron chi connectivity index (χ1n) is 7.36. The third-order valence-corrected chi connectivity index (χ3v) is 3.37. The van der Waals surface area contributed by atoms with Gasteiger partial charge in [0.25, 0.3) is 0 Å². The summed E-state index contributed by atoms with van der Waals surface area (Å²) >= 11 is 0. The quantitative estimate of drug-likeness (QED) is 0.579. The molecule has 0 saturated heterocycles. The van der Waals surface area contributed by atoms with Gasteiger partial charge in [-0.25, -0.2) is 0 Å². The highest BCUT2D eigenvalue weighted by Crippen LogP contribution is 2.12. The fraction of sp³-hybridized carbons (Fsp3) is 0. The van der Waals surface area contributed by atoms with Crippen LogP contribution in [0.1, 0.15) is 21.6 Å². The zero-order valence-corrected chi connectivity index (χ0v) is 12.7. The summed E-state index contributed by atoms with van der Waals surface area (Å²) in [6.45, 7) is 0. The molecule has 0 amide bonds. The van der Waals surface area contributed by atoms with Crippen molar-refractivity contribution in [2.75, 3.05) is 5.43 Å². The Labute approximate surface area is 139 Å². The number of hydrazone groups is 1. The number of benzene rings is 2. The van der Waals surface area contributed by atoms with E-state index in [0.717, 1.165) is 11.3 Å². The molecule has 0 aliphatic rings. The van der Waals surface area contributed by atoms with Crippen LogP contribution in [0.15, 0.2) is 84.1 Å². The van der Waals surface area contributed by atoms with Crippen LogP contribution in [0.2, 0.25) is 0 Å². The summed E-state index contributed by atoms with van der Waals surface area (Å²) in [6.07, 6.45) is 1.71. The highest BCUT2D eigenvalue weighted by molar-refractivity contribution is 6.11. The number of carbonyl (C=O) groups excluding carboxylic acids is 1. The number of carbonyl (C=O) groups is 1. The van der Waals surface area contributed by atoms with Crippen LogP contribution < -0.4 is 10.5 Å². The number of hydrogen-bond donors (Lipinski definition) is 1. The molecule has 118 valence electrons. The molecule has 0 spiro atoms. The number of aromatic carboxylic acids is 1. The lowest BCUT2D eigenvalue weighted by Gasteiger charge is -2.08.